The zero-order valence-corrected chi connectivity index (χ0v) is 31.8. The van der Waals surface area contributed by atoms with Gasteiger partial charge in [-0.25, -0.2) is 4.98 Å². The summed E-state index contributed by atoms with van der Waals surface area (Å²) in [6.07, 6.45) is 38.6. The van der Waals surface area contributed by atoms with Crippen molar-refractivity contribution in [2.24, 2.45) is 0 Å². The highest BCUT2D eigenvalue weighted by Gasteiger charge is 2.39. The SMILES string of the molecule is CCCCCCCCCCCCCCCn1ccnc1C(CCCCCCCCCCCC)C(C)(Cc1ccccc1)c1ccccc1. The third-order valence-electron chi connectivity index (χ3n) is 11.0. The van der Waals surface area contributed by atoms with Gasteiger partial charge in [0.1, 0.15) is 5.82 Å². The van der Waals surface area contributed by atoms with Crippen molar-refractivity contribution in [2.45, 2.75) is 199 Å². The van der Waals surface area contributed by atoms with Crippen LogP contribution in [0.2, 0.25) is 0 Å². The van der Waals surface area contributed by atoms with E-state index in [1.807, 2.05) is 0 Å². The molecule has 0 bridgehead atoms. The number of unbranched alkanes of at least 4 members (excludes halogenated alkanes) is 21. The number of rotatable bonds is 30. The molecule has 0 fully saturated rings. The molecule has 2 aromatic carbocycles. The molecule has 2 unspecified atom stereocenters. The Morgan fingerprint density at radius 3 is 1.48 bits per heavy atom. The van der Waals surface area contributed by atoms with E-state index in [1.54, 1.807) is 0 Å². The molecule has 2 atom stereocenters. The molecule has 0 saturated heterocycles. The number of hydrogen-bond acceptors (Lipinski definition) is 1. The molecule has 0 aliphatic rings. The summed E-state index contributed by atoms with van der Waals surface area (Å²) in [4.78, 5) is 5.16. The second kappa shape index (κ2) is 25.6. The van der Waals surface area contributed by atoms with E-state index >= 15 is 0 Å². The van der Waals surface area contributed by atoms with Gasteiger partial charge in [-0.1, -0.05) is 223 Å². The topological polar surface area (TPSA) is 17.8 Å². The van der Waals surface area contributed by atoms with Crippen molar-refractivity contribution in [3.8, 4) is 0 Å². The monoisotopic (exact) mass is 655 g/mol. The van der Waals surface area contributed by atoms with Crippen molar-refractivity contribution >= 4 is 0 Å². The first-order chi connectivity index (χ1) is 23.7. The van der Waals surface area contributed by atoms with E-state index in [0.29, 0.717) is 5.92 Å². The van der Waals surface area contributed by atoms with Gasteiger partial charge >= 0.3 is 0 Å². The number of aryl methyl sites for hydroxylation is 1. The minimum atomic E-state index is -0.0268. The Morgan fingerprint density at radius 2 is 0.979 bits per heavy atom. The van der Waals surface area contributed by atoms with Gasteiger partial charge in [0.25, 0.3) is 0 Å². The lowest BCUT2D eigenvalue weighted by Gasteiger charge is -2.39. The van der Waals surface area contributed by atoms with E-state index in [9.17, 15) is 0 Å². The molecule has 0 N–H and O–H groups in total. The van der Waals surface area contributed by atoms with Gasteiger partial charge in [-0.05, 0) is 30.4 Å². The van der Waals surface area contributed by atoms with Crippen LogP contribution in [0.5, 0.6) is 0 Å². The zero-order chi connectivity index (χ0) is 34.0. The minimum Gasteiger partial charge on any atom is -0.335 e. The van der Waals surface area contributed by atoms with Gasteiger partial charge in [-0.2, -0.15) is 0 Å². The summed E-state index contributed by atoms with van der Waals surface area (Å²) in [5.41, 5.74) is 2.84. The first-order valence-electron chi connectivity index (χ1n) is 20.8. The third kappa shape index (κ3) is 15.5. The van der Waals surface area contributed by atoms with E-state index in [2.05, 4.69) is 98.4 Å². The Balaban J connectivity index is 1.58. The standard InChI is InChI=1S/C46H74N2/c1-4-6-8-10-12-14-16-17-18-20-22-24-32-39-48-40-38-47-45(48)44(37-31-23-21-19-15-13-11-9-7-5-2)46(3,43-35-29-26-30-36-43)41-42-33-27-25-28-34-42/h25-30,33-36,38,40,44H,4-24,31-32,37,39,41H2,1-3H3. The van der Waals surface area contributed by atoms with Crippen molar-refractivity contribution in [1.82, 2.24) is 9.55 Å². The van der Waals surface area contributed by atoms with Crippen molar-refractivity contribution in [2.75, 3.05) is 0 Å². The Bertz CT molecular complexity index is 1140. The molecule has 2 nitrogen and oxygen atoms in total. The first-order valence-corrected chi connectivity index (χ1v) is 20.8. The van der Waals surface area contributed by atoms with E-state index in [-0.39, 0.29) is 5.41 Å². The molecule has 268 valence electrons. The Morgan fingerprint density at radius 1 is 0.542 bits per heavy atom. The smallest absolute Gasteiger partial charge is 0.112 e. The molecule has 2 heteroatoms. The summed E-state index contributed by atoms with van der Waals surface area (Å²) >= 11 is 0. The number of hydrogen-bond donors (Lipinski definition) is 0. The van der Waals surface area contributed by atoms with Gasteiger partial charge in [0.15, 0.2) is 0 Å². The highest BCUT2D eigenvalue weighted by molar-refractivity contribution is 5.33. The Kier molecular flexibility index (Phi) is 21.4. The lowest BCUT2D eigenvalue weighted by Crippen LogP contribution is -2.35. The van der Waals surface area contributed by atoms with Crippen LogP contribution in [0.4, 0.5) is 0 Å². The first kappa shape index (κ1) is 40.1. The van der Waals surface area contributed by atoms with Gasteiger partial charge in [-0.3, -0.25) is 0 Å². The lowest BCUT2D eigenvalue weighted by molar-refractivity contribution is 0.321. The second-order valence-electron chi connectivity index (χ2n) is 15.2. The molecule has 3 rings (SSSR count). The average Bonchev–Trinajstić information content (AvgIpc) is 3.58. The largest absolute Gasteiger partial charge is 0.335 e. The van der Waals surface area contributed by atoms with Crippen LogP contribution >= 0.6 is 0 Å². The van der Waals surface area contributed by atoms with E-state index in [4.69, 9.17) is 4.98 Å². The normalized spacial score (nSPS) is 13.5. The quantitative estimate of drug-likeness (QED) is 0.0654. The summed E-state index contributed by atoms with van der Waals surface area (Å²) in [6, 6.07) is 22.6. The average molecular weight is 655 g/mol. The van der Waals surface area contributed by atoms with E-state index < -0.39 is 0 Å². The van der Waals surface area contributed by atoms with Crippen molar-refractivity contribution in [3.05, 3.63) is 90.0 Å². The molecular formula is C46H74N2. The second-order valence-corrected chi connectivity index (χ2v) is 15.2. The molecule has 1 heterocycles. The van der Waals surface area contributed by atoms with Crippen LogP contribution < -0.4 is 0 Å². The fourth-order valence-electron chi connectivity index (χ4n) is 7.95. The fourth-order valence-corrected chi connectivity index (χ4v) is 7.95. The maximum atomic E-state index is 5.16. The molecule has 0 spiro atoms. The summed E-state index contributed by atoms with van der Waals surface area (Å²) in [5.74, 6) is 1.69. The molecule has 0 aliphatic carbocycles. The predicted molar refractivity (Wildman–Crippen MR) is 211 cm³/mol. The van der Waals surface area contributed by atoms with Crippen LogP contribution in [0, 0.1) is 0 Å². The van der Waals surface area contributed by atoms with Crippen LogP contribution in [0.15, 0.2) is 73.1 Å². The number of imidazole rings is 1. The molecule has 0 saturated carbocycles. The Hall–Kier alpha value is -2.35. The van der Waals surface area contributed by atoms with E-state index in [0.717, 1.165) is 13.0 Å². The van der Waals surface area contributed by atoms with Crippen LogP contribution in [0.25, 0.3) is 0 Å². The molecule has 48 heavy (non-hydrogen) atoms. The molecular weight excluding hydrogens is 581 g/mol. The molecule has 0 radical (unpaired) electrons. The summed E-state index contributed by atoms with van der Waals surface area (Å²) in [5, 5.41) is 0. The number of benzene rings is 2. The van der Waals surface area contributed by atoms with Crippen molar-refractivity contribution in [1.29, 1.82) is 0 Å². The van der Waals surface area contributed by atoms with Crippen LogP contribution in [0.3, 0.4) is 0 Å². The maximum Gasteiger partial charge on any atom is 0.112 e. The molecule has 0 amide bonds. The van der Waals surface area contributed by atoms with Crippen molar-refractivity contribution in [3.63, 3.8) is 0 Å². The van der Waals surface area contributed by atoms with Gasteiger partial charge in [0.2, 0.25) is 0 Å². The van der Waals surface area contributed by atoms with Crippen LogP contribution in [-0.4, -0.2) is 9.55 Å². The number of aromatic nitrogens is 2. The van der Waals surface area contributed by atoms with Crippen LogP contribution in [-0.2, 0) is 18.4 Å². The highest BCUT2D eigenvalue weighted by Crippen LogP contribution is 2.44. The maximum absolute atomic E-state index is 5.16. The Labute approximate surface area is 297 Å². The van der Waals surface area contributed by atoms with E-state index in [1.165, 1.54) is 171 Å². The van der Waals surface area contributed by atoms with Gasteiger partial charge in [0.05, 0.1) is 0 Å². The highest BCUT2D eigenvalue weighted by atomic mass is 15.1. The lowest BCUT2D eigenvalue weighted by atomic mass is 9.66. The zero-order valence-electron chi connectivity index (χ0n) is 31.8. The number of nitrogens with zero attached hydrogens (tertiary/aromatic N) is 2. The van der Waals surface area contributed by atoms with Gasteiger partial charge in [-0.15, -0.1) is 0 Å². The third-order valence-corrected chi connectivity index (χ3v) is 11.0. The summed E-state index contributed by atoms with van der Waals surface area (Å²) < 4.78 is 2.53. The van der Waals surface area contributed by atoms with Crippen molar-refractivity contribution < 1.29 is 0 Å². The van der Waals surface area contributed by atoms with Crippen LogP contribution in [0.1, 0.15) is 198 Å². The molecule has 0 aliphatic heterocycles. The van der Waals surface area contributed by atoms with Gasteiger partial charge < -0.3 is 4.57 Å². The minimum absolute atomic E-state index is 0.0268. The fraction of sp³-hybridized carbons (Fsp3) is 0.674. The molecule has 1 aromatic heterocycles. The predicted octanol–water partition coefficient (Wildman–Crippen LogP) is 14.6. The summed E-state index contributed by atoms with van der Waals surface area (Å²) in [6.45, 7) is 8.24. The summed E-state index contributed by atoms with van der Waals surface area (Å²) in [7, 11) is 0. The van der Waals surface area contributed by atoms with Gasteiger partial charge in [0, 0.05) is 30.3 Å². The molecule has 3 aromatic rings.